The summed E-state index contributed by atoms with van der Waals surface area (Å²) in [5.41, 5.74) is -1.11. The summed E-state index contributed by atoms with van der Waals surface area (Å²) in [5.74, 6) is -0.0795. The van der Waals surface area contributed by atoms with Gasteiger partial charge < -0.3 is 15.3 Å². The maximum atomic E-state index is 12.6. The van der Waals surface area contributed by atoms with Crippen molar-refractivity contribution in [2.75, 3.05) is 19.6 Å². The maximum absolute atomic E-state index is 12.6. The van der Waals surface area contributed by atoms with Gasteiger partial charge in [0.15, 0.2) is 5.60 Å². The van der Waals surface area contributed by atoms with E-state index in [0.717, 1.165) is 19.5 Å². The lowest BCUT2D eigenvalue weighted by atomic mass is 9.88. The van der Waals surface area contributed by atoms with Gasteiger partial charge in [-0.2, -0.15) is 0 Å². The van der Waals surface area contributed by atoms with Crippen LogP contribution in [-0.4, -0.2) is 47.2 Å². The molecule has 1 saturated heterocycles. The van der Waals surface area contributed by atoms with Gasteiger partial charge in [0, 0.05) is 25.7 Å². The molecule has 0 aromatic rings. The third-order valence-electron chi connectivity index (χ3n) is 4.41. The quantitative estimate of drug-likeness (QED) is 0.828. The highest BCUT2D eigenvalue weighted by atomic mass is 16.3. The molecule has 1 unspecified atom stereocenters. The highest BCUT2D eigenvalue weighted by Gasteiger charge is 2.43. The summed E-state index contributed by atoms with van der Waals surface area (Å²) in [6.07, 6.45) is 6.36. The van der Waals surface area contributed by atoms with Crippen molar-refractivity contribution in [2.45, 2.75) is 70.9 Å². The predicted octanol–water partition coefficient (Wildman–Crippen LogP) is 1.92. The SMILES string of the molecule is CC(C)(C)CN1CCCC(O)(CNC2CCCC2)C1=O. The van der Waals surface area contributed by atoms with Crippen molar-refractivity contribution in [3.05, 3.63) is 0 Å². The largest absolute Gasteiger partial charge is 0.379 e. The molecule has 20 heavy (non-hydrogen) atoms. The van der Waals surface area contributed by atoms with Crippen molar-refractivity contribution in [1.82, 2.24) is 10.2 Å². The fourth-order valence-electron chi connectivity index (χ4n) is 3.40. The van der Waals surface area contributed by atoms with Gasteiger partial charge in [-0.15, -0.1) is 0 Å². The Kier molecular flexibility index (Phi) is 4.75. The third-order valence-corrected chi connectivity index (χ3v) is 4.41. The molecule has 2 aliphatic rings. The molecule has 2 fully saturated rings. The van der Waals surface area contributed by atoms with Gasteiger partial charge in [-0.3, -0.25) is 4.79 Å². The van der Waals surface area contributed by atoms with Crippen LogP contribution < -0.4 is 5.32 Å². The summed E-state index contributed by atoms with van der Waals surface area (Å²) in [6.45, 7) is 8.30. The van der Waals surface area contributed by atoms with Crippen molar-refractivity contribution < 1.29 is 9.90 Å². The zero-order valence-electron chi connectivity index (χ0n) is 13.2. The van der Waals surface area contributed by atoms with E-state index < -0.39 is 5.60 Å². The number of nitrogens with one attached hydrogen (secondary N) is 1. The molecule has 0 radical (unpaired) electrons. The van der Waals surface area contributed by atoms with Gasteiger partial charge in [0.1, 0.15) is 0 Å². The van der Waals surface area contributed by atoms with Gasteiger partial charge in [-0.05, 0) is 31.1 Å². The van der Waals surface area contributed by atoms with E-state index in [2.05, 4.69) is 26.1 Å². The number of amides is 1. The van der Waals surface area contributed by atoms with Crippen molar-refractivity contribution in [1.29, 1.82) is 0 Å². The van der Waals surface area contributed by atoms with Gasteiger partial charge in [-0.25, -0.2) is 0 Å². The molecule has 1 aliphatic heterocycles. The van der Waals surface area contributed by atoms with Crippen molar-refractivity contribution >= 4 is 5.91 Å². The molecular weight excluding hydrogens is 252 g/mol. The molecule has 1 saturated carbocycles. The Labute approximate surface area is 122 Å². The Bertz CT molecular complexity index is 345. The smallest absolute Gasteiger partial charge is 0.255 e. The van der Waals surface area contributed by atoms with E-state index in [1.54, 1.807) is 0 Å². The second kappa shape index (κ2) is 6.02. The van der Waals surface area contributed by atoms with Crippen LogP contribution in [0.3, 0.4) is 0 Å². The van der Waals surface area contributed by atoms with Crippen LogP contribution in [0.1, 0.15) is 59.3 Å². The van der Waals surface area contributed by atoms with Gasteiger partial charge in [0.05, 0.1) is 0 Å². The van der Waals surface area contributed by atoms with E-state index in [4.69, 9.17) is 0 Å². The molecule has 2 N–H and O–H groups in total. The van der Waals surface area contributed by atoms with E-state index in [-0.39, 0.29) is 11.3 Å². The number of piperidine rings is 1. The average molecular weight is 282 g/mol. The number of likely N-dealkylation sites (tertiary alicyclic amines) is 1. The second-order valence-electron chi connectivity index (χ2n) is 7.78. The lowest BCUT2D eigenvalue weighted by Gasteiger charge is -2.41. The second-order valence-corrected chi connectivity index (χ2v) is 7.78. The van der Waals surface area contributed by atoms with E-state index in [1.165, 1.54) is 25.7 Å². The van der Waals surface area contributed by atoms with Gasteiger partial charge in [0.25, 0.3) is 5.91 Å². The van der Waals surface area contributed by atoms with Gasteiger partial charge in [0.2, 0.25) is 0 Å². The van der Waals surface area contributed by atoms with Crippen LogP contribution in [0.2, 0.25) is 0 Å². The molecule has 116 valence electrons. The number of hydrogen-bond acceptors (Lipinski definition) is 3. The number of carbonyl (C=O) groups excluding carboxylic acids is 1. The number of nitrogens with zero attached hydrogens (tertiary/aromatic N) is 1. The van der Waals surface area contributed by atoms with Gasteiger partial charge >= 0.3 is 0 Å². The van der Waals surface area contributed by atoms with Crippen molar-refractivity contribution in [2.24, 2.45) is 5.41 Å². The highest BCUT2D eigenvalue weighted by molar-refractivity contribution is 5.86. The van der Waals surface area contributed by atoms with Crippen LogP contribution in [-0.2, 0) is 4.79 Å². The molecule has 4 nitrogen and oxygen atoms in total. The monoisotopic (exact) mass is 282 g/mol. The number of hydrogen-bond donors (Lipinski definition) is 2. The Morgan fingerprint density at radius 2 is 1.95 bits per heavy atom. The first kappa shape index (κ1) is 15.8. The zero-order valence-corrected chi connectivity index (χ0v) is 13.2. The summed E-state index contributed by atoms with van der Waals surface area (Å²) in [4.78, 5) is 14.4. The molecule has 1 amide bonds. The van der Waals surface area contributed by atoms with E-state index >= 15 is 0 Å². The molecule has 1 aliphatic carbocycles. The Hall–Kier alpha value is -0.610. The minimum absolute atomic E-state index is 0.0762. The van der Waals surface area contributed by atoms with Crippen LogP contribution in [0.15, 0.2) is 0 Å². The number of aliphatic hydroxyl groups is 1. The van der Waals surface area contributed by atoms with Gasteiger partial charge in [-0.1, -0.05) is 33.6 Å². The first-order chi connectivity index (χ1) is 9.30. The molecular formula is C16H30N2O2. The molecule has 0 spiro atoms. The third kappa shape index (κ3) is 3.95. The molecule has 2 rings (SSSR count). The van der Waals surface area contributed by atoms with Crippen LogP contribution >= 0.6 is 0 Å². The zero-order chi connectivity index (χ0) is 14.8. The first-order valence-corrected chi connectivity index (χ1v) is 8.05. The summed E-state index contributed by atoms with van der Waals surface area (Å²) < 4.78 is 0. The normalized spacial score (nSPS) is 29.2. The fraction of sp³-hybridized carbons (Fsp3) is 0.938. The van der Waals surface area contributed by atoms with E-state index in [9.17, 15) is 9.90 Å². The van der Waals surface area contributed by atoms with Crippen LogP contribution in [0.25, 0.3) is 0 Å². The van der Waals surface area contributed by atoms with Crippen molar-refractivity contribution in [3.63, 3.8) is 0 Å². The fourth-order valence-corrected chi connectivity index (χ4v) is 3.40. The molecule has 4 heteroatoms. The summed E-state index contributed by atoms with van der Waals surface area (Å²) >= 11 is 0. The maximum Gasteiger partial charge on any atom is 0.255 e. The minimum atomic E-state index is -1.19. The summed E-state index contributed by atoms with van der Waals surface area (Å²) in [7, 11) is 0. The average Bonchev–Trinajstić information content (AvgIpc) is 2.84. The van der Waals surface area contributed by atoms with Crippen molar-refractivity contribution in [3.8, 4) is 0 Å². The van der Waals surface area contributed by atoms with Crippen LogP contribution in [0, 0.1) is 5.41 Å². The Balaban J connectivity index is 1.93. The molecule has 1 heterocycles. The Morgan fingerprint density at radius 3 is 2.55 bits per heavy atom. The standard InChI is InChI=1S/C16H30N2O2/c1-15(2,3)12-18-10-6-9-16(20,14(18)19)11-17-13-7-4-5-8-13/h13,17,20H,4-12H2,1-3H3. The van der Waals surface area contributed by atoms with Crippen LogP contribution in [0.5, 0.6) is 0 Å². The first-order valence-electron chi connectivity index (χ1n) is 8.05. The summed E-state index contributed by atoms with van der Waals surface area (Å²) in [5, 5.41) is 14.1. The minimum Gasteiger partial charge on any atom is -0.379 e. The molecule has 0 aromatic heterocycles. The lowest BCUT2D eigenvalue weighted by Crippen LogP contribution is -2.59. The predicted molar refractivity (Wildman–Crippen MR) is 80.5 cm³/mol. The van der Waals surface area contributed by atoms with E-state index in [1.807, 2.05) is 4.90 Å². The Morgan fingerprint density at radius 1 is 1.30 bits per heavy atom. The topological polar surface area (TPSA) is 52.6 Å². The summed E-state index contributed by atoms with van der Waals surface area (Å²) in [6, 6.07) is 0.491. The lowest BCUT2D eigenvalue weighted by molar-refractivity contribution is -0.158. The number of carbonyl (C=O) groups is 1. The number of rotatable bonds is 4. The van der Waals surface area contributed by atoms with Crippen LogP contribution in [0.4, 0.5) is 0 Å². The molecule has 1 atom stereocenters. The highest BCUT2D eigenvalue weighted by Crippen LogP contribution is 2.26. The molecule has 0 aromatic carbocycles. The van der Waals surface area contributed by atoms with E-state index in [0.29, 0.717) is 19.0 Å². The molecule has 0 bridgehead atoms.